The SMILES string of the molecule is CC(C)(C)NS(=O)c1ccccc1-c1ccc(N)cc1. The molecule has 4 heteroatoms. The van der Waals surface area contributed by atoms with Gasteiger partial charge in [0.05, 0.1) is 4.90 Å². The van der Waals surface area contributed by atoms with Crippen LogP contribution in [0.3, 0.4) is 0 Å². The summed E-state index contributed by atoms with van der Waals surface area (Å²) in [5.41, 5.74) is 8.20. The second-order valence-corrected chi connectivity index (χ2v) is 6.92. The summed E-state index contributed by atoms with van der Waals surface area (Å²) < 4.78 is 15.6. The van der Waals surface area contributed by atoms with E-state index in [9.17, 15) is 4.21 Å². The molecular formula is C16H20N2OS. The van der Waals surface area contributed by atoms with Crippen LogP contribution < -0.4 is 10.5 Å². The Labute approximate surface area is 122 Å². The summed E-state index contributed by atoms with van der Waals surface area (Å²) in [7, 11) is -1.25. The summed E-state index contributed by atoms with van der Waals surface area (Å²) in [5, 5.41) is 0. The molecule has 0 bridgehead atoms. The maximum atomic E-state index is 12.5. The number of anilines is 1. The van der Waals surface area contributed by atoms with E-state index in [1.807, 2.05) is 69.3 Å². The Morgan fingerprint density at radius 1 is 1.00 bits per heavy atom. The van der Waals surface area contributed by atoms with Crippen molar-refractivity contribution in [3.05, 3.63) is 48.5 Å². The largest absolute Gasteiger partial charge is 0.399 e. The quantitative estimate of drug-likeness (QED) is 0.851. The summed E-state index contributed by atoms with van der Waals surface area (Å²) in [6.45, 7) is 5.99. The fourth-order valence-electron chi connectivity index (χ4n) is 1.86. The number of nitrogens with one attached hydrogen (secondary N) is 1. The summed E-state index contributed by atoms with van der Waals surface area (Å²) >= 11 is 0. The first-order chi connectivity index (χ1) is 9.37. The van der Waals surface area contributed by atoms with Crippen LogP contribution in [0.1, 0.15) is 20.8 Å². The van der Waals surface area contributed by atoms with Crippen LogP contribution in [0.25, 0.3) is 11.1 Å². The topological polar surface area (TPSA) is 55.1 Å². The Morgan fingerprint density at radius 3 is 2.20 bits per heavy atom. The van der Waals surface area contributed by atoms with E-state index in [1.54, 1.807) is 0 Å². The highest BCUT2D eigenvalue weighted by molar-refractivity contribution is 7.83. The number of benzene rings is 2. The monoisotopic (exact) mass is 288 g/mol. The van der Waals surface area contributed by atoms with E-state index in [0.29, 0.717) is 0 Å². The van der Waals surface area contributed by atoms with Gasteiger partial charge < -0.3 is 5.73 Å². The van der Waals surface area contributed by atoms with Gasteiger partial charge in [0.2, 0.25) is 0 Å². The molecule has 0 saturated heterocycles. The van der Waals surface area contributed by atoms with Crippen LogP contribution in [0, 0.1) is 0 Å². The van der Waals surface area contributed by atoms with Crippen LogP contribution in [-0.4, -0.2) is 9.75 Å². The van der Waals surface area contributed by atoms with E-state index in [-0.39, 0.29) is 5.54 Å². The molecule has 2 rings (SSSR count). The lowest BCUT2D eigenvalue weighted by Crippen LogP contribution is -2.37. The van der Waals surface area contributed by atoms with Crippen molar-refractivity contribution in [2.45, 2.75) is 31.2 Å². The molecule has 1 unspecified atom stereocenters. The van der Waals surface area contributed by atoms with Gasteiger partial charge in [-0.2, -0.15) is 0 Å². The second-order valence-electron chi connectivity index (χ2n) is 5.74. The van der Waals surface area contributed by atoms with Crippen molar-refractivity contribution in [1.29, 1.82) is 0 Å². The molecule has 3 nitrogen and oxygen atoms in total. The van der Waals surface area contributed by atoms with Crippen molar-refractivity contribution in [3.8, 4) is 11.1 Å². The number of hydrogen-bond acceptors (Lipinski definition) is 2. The fourth-order valence-corrected chi connectivity index (χ4v) is 3.12. The van der Waals surface area contributed by atoms with E-state index in [4.69, 9.17) is 5.73 Å². The minimum absolute atomic E-state index is 0.209. The Morgan fingerprint density at radius 2 is 1.60 bits per heavy atom. The molecule has 2 aromatic rings. The maximum Gasteiger partial charge on any atom is 0.126 e. The van der Waals surface area contributed by atoms with E-state index < -0.39 is 11.0 Å². The lowest BCUT2D eigenvalue weighted by atomic mass is 10.1. The molecule has 0 spiro atoms. The second kappa shape index (κ2) is 5.77. The van der Waals surface area contributed by atoms with Gasteiger partial charge in [-0.3, -0.25) is 0 Å². The molecule has 0 radical (unpaired) electrons. The van der Waals surface area contributed by atoms with Crippen molar-refractivity contribution in [2.24, 2.45) is 0 Å². The van der Waals surface area contributed by atoms with Crippen molar-refractivity contribution in [1.82, 2.24) is 4.72 Å². The van der Waals surface area contributed by atoms with E-state index in [2.05, 4.69) is 4.72 Å². The summed E-state index contributed by atoms with van der Waals surface area (Å²) in [5.74, 6) is 0. The van der Waals surface area contributed by atoms with Crippen LogP contribution in [0.15, 0.2) is 53.4 Å². The molecular weight excluding hydrogens is 268 g/mol. The molecule has 1 atom stereocenters. The Kier molecular flexibility index (Phi) is 4.26. The van der Waals surface area contributed by atoms with Crippen LogP contribution >= 0.6 is 0 Å². The summed E-state index contributed by atoms with van der Waals surface area (Å²) in [4.78, 5) is 0.784. The third kappa shape index (κ3) is 3.68. The third-order valence-electron chi connectivity index (χ3n) is 2.71. The summed E-state index contributed by atoms with van der Waals surface area (Å²) in [6, 6.07) is 15.3. The van der Waals surface area contributed by atoms with Crippen LogP contribution in [0.4, 0.5) is 5.69 Å². The first-order valence-corrected chi connectivity index (χ1v) is 7.66. The molecule has 2 aromatic carbocycles. The maximum absolute atomic E-state index is 12.5. The number of rotatable bonds is 3. The molecule has 0 fully saturated rings. The molecule has 0 amide bonds. The number of hydrogen-bond donors (Lipinski definition) is 2. The van der Waals surface area contributed by atoms with E-state index >= 15 is 0 Å². The molecule has 106 valence electrons. The van der Waals surface area contributed by atoms with Gasteiger partial charge in [-0.15, -0.1) is 0 Å². The summed E-state index contributed by atoms with van der Waals surface area (Å²) in [6.07, 6.45) is 0. The molecule has 0 aliphatic carbocycles. The van der Waals surface area contributed by atoms with E-state index in [1.165, 1.54) is 0 Å². The zero-order valence-electron chi connectivity index (χ0n) is 12.0. The minimum Gasteiger partial charge on any atom is -0.399 e. The van der Waals surface area contributed by atoms with Crippen LogP contribution in [0.2, 0.25) is 0 Å². The zero-order valence-corrected chi connectivity index (χ0v) is 12.8. The van der Waals surface area contributed by atoms with Gasteiger partial charge in [-0.25, -0.2) is 8.93 Å². The predicted molar refractivity (Wildman–Crippen MR) is 85.6 cm³/mol. The van der Waals surface area contributed by atoms with Crippen LogP contribution in [0.5, 0.6) is 0 Å². The molecule has 0 heterocycles. The molecule has 20 heavy (non-hydrogen) atoms. The molecule has 0 aliphatic heterocycles. The normalized spacial score (nSPS) is 13.2. The van der Waals surface area contributed by atoms with Crippen LogP contribution in [-0.2, 0) is 11.0 Å². The first-order valence-electron chi connectivity index (χ1n) is 6.51. The molecule has 0 aromatic heterocycles. The Balaban J connectivity index is 2.40. The van der Waals surface area contributed by atoms with Crippen molar-refractivity contribution in [2.75, 3.05) is 5.73 Å². The smallest absolute Gasteiger partial charge is 0.126 e. The Bertz CT molecular complexity index is 615. The van der Waals surface area contributed by atoms with Gasteiger partial charge in [0.25, 0.3) is 0 Å². The van der Waals surface area contributed by atoms with Crippen molar-refractivity contribution < 1.29 is 4.21 Å². The predicted octanol–water partition coefficient (Wildman–Crippen LogP) is 3.35. The minimum atomic E-state index is -1.25. The number of nitrogens with two attached hydrogens (primary N) is 1. The zero-order chi connectivity index (χ0) is 14.8. The standard InChI is InChI=1S/C16H20N2OS/c1-16(2,3)18-20(19)15-7-5-4-6-14(15)12-8-10-13(17)11-9-12/h4-11,18H,17H2,1-3H3. The third-order valence-corrected chi connectivity index (χ3v) is 4.26. The Hall–Kier alpha value is -1.65. The van der Waals surface area contributed by atoms with Gasteiger partial charge >= 0.3 is 0 Å². The highest BCUT2D eigenvalue weighted by Gasteiger charge is 2.17. The van der Waals surface area contributed by atoms with E-state index in [0.717, 1.165) is 21.7 Å². The molecule has 0 saturated carbocycles. The number of nitrogen functional groups attached to an aromatic ring is 1. The van der Waals surface area contributed by atoms with Gasteiger partial charge in [0.15, 0.2) is 0 Å². The average Bonchev–Trinajstić information content (AvgIpc) is 2.38. The van der Waals surface area contributed by atoms with Gasteiger partial charge in [0, 0.05) is 11.2 Å². The van der Waals surface area contributed by atoms with Crippen molar-refractivity contribution in [3.63, 3.8) is 0 Å². The van der Waals surface area contributed by atoms with Gasteiger partial charge in [-0.05, 0) is 50.1 Å². The van der Waals surface area contributed by atoms with Gasteiger partial charge in [-0.1, -0.05) is 30.3 Å². The highest BCUT2D eigenvalue weighted by atomic mass is 32.2. The fraction of sp³-hybridized carbons (Fsp3) is 0.250. The molecule has 0 aliphatic rings. The van der Waals surface area contributed by atoms with Crippen molar-refractivity contribution >= 4 is 16.7 Å². The average molecular weight is 288 g/mol. The highest BCUT2D eigenvalue weighted by Crippen LogP contribution is 2.27. The lowest BCUT2D eigenvalue weighted by molar-refractivity contribution is 0.520. The lowest BCUT2D eigenvalue weighted by Gasteiger charge is -2.20. The van der Waals surface area contributed by atoms with Gasteiger partial charge in [0.1, 0.15) is 11.0 Å². The molecule has 3 N–H and O–H groups in total. The first kappa shape index (κ1) is 14.8.